The molecule has 0 radical (unpaired) electrons. The maximum Gasteiger partial charge on any atom is -0.147 e. The third kappa shape index (κ3) is 3.80. The normalized spacial score (nSPS) is 30.7. The van der Waals surface area contributed by atoms with Gasteiger partial charge in [0, 0.05) is 0 Å². The fourth-order valence-electron chi connectivity index (χ4n) is 8.21. The molecule has 0 spiro atoms. The largest absolute Gasteiger partial charge is 0.147 e. The van der Waals surface area contributed by atoms with E-state index in [0.29, 0.717) is 0 Å². The van der Waals surface area contributed by atoms with Crippen molar-refractivity contribution < 1.29 is 20.0 Å². The molecular weight excluding hydrogens is 610 g/mol. The van der Waals surface area contributed by atoms with E-state index < -0.39 is 20.0 Å². The van der Waals surface area contributed by atoms with Crippen molar-refractivity contribution in [1.82, 2.24) is 0 Å². The van der Waals surface area contributed by atoms with Crippen molar-refractivity contribution in [2.45, 2.75) is 79.9 Å². The Morgan fingerprint density at radius 2 is 1.09 bits per heavy atom. The SMILES string of the molecule is CCCC1=Cc2ccccc2[CH]1[Hf]1([CH]2C(CCC)=Cc3ccccc32)[CH]2CCCC[CH]21.Cl.Cl. The molecule has 4 atom stereocenters. The molecule has 176 valence electrons. The summed E-state index contributed by atoms with van der Waals surface area (Å²) in [5.74, 6) is 0. The number of hydrogen-bond acceptors (Lipinski definition) is 0. The van der Waals surface area contributed by atoms with E-state index in [4.69, 9.17) is 0 Å². The van der Waals surface area contributed by atoms with Crippen LogP contribution in [-0.4, -0.2) is 0 Å². The van der Waals surface area contributed by atoms with Gasteiger partial charge in [-0.15, -0.1) is 24.8 Å². The van der Waals surface area contributed by atoms with Crippen LogP contribution in [0.4, 0.5) is 0 Å². The molecule has 3 heteroatoms. The quantitative estimate of drug-likeness (QED) is 0.274. The molecule has 6 rings (SSSR count). The number of hydrogen-bond donors (Lipinski definition) is 0. The molecule has 1 heterocycles. The fourth-order valence-corrected chi connectivity index (χ4v) is 43.7. The Morgan fingerprint density at radius 3 is 1.52 bits per heavy atom. The number of benzene rings is 2. The van der Waals surface area contributed by atoms with Crippen LogP contribution in [0.2, 0.25) is 7.35 Å². The third-order valence-electron chi connectivity index (χ3n) is 9.06. The first-order chi connectivity index (χ1) is 15.3. The Bertz CT molecular complexity index is 983. The van der Waals surface area contributed by atoms with Crippen LogP contribution in [0.1, 0.15) is 94.8 Å². The van der Waals surface area contributed by atoms with E-state index in [1.54, 1.807) is 35.1 Å². The second-order valence-electron chi connectivity index (χ2n) is 10.6. The molecule has 0 N–H and O–H groups in total. The van der Waals surface area contributed by atoms with Crippen LogP contribution in [0.5, 0.6) is 0 Å². The Hall–Kier alpha value is -0.630. The third-order valence-corrected chi connectivity index (χ3v) is 34.0. The predicted octanol–water partition coefficient (Wildman–Crippen LogP) is 10.0. The van der Waals surface area contributed by atoms with Crippen molar-refractivity contribution >= 4 is 37.0 Å². The smallest absolute Gasteiger partial charge is 0.147 e. The minimum absolute atomic E-state index is 0. The summed E-state index contributed by atoms with van der Waals surface area (Å²) in [6.45, 7) is 4.77. The molecule has 33 heavy (non-hydrogen) atoms. The van der Waals surface area contributed by atoms with Gasteiger partial charge in [-0.25, -0.2) is 0 Å². The van der Waals surface area contributed by atoms with Crippen molar-refractivity contribution in [2.75, 3.05) is 0 Å². The van der Waals surface area contributed by atoms with Crippen molar-refractivity contribution in [3.05, 3.63) is 81.9 Å². The van der Waals surface area contributed by atoms with Crippen molar-refractivity contribution in [3.8, 4) is 0 Å². The van der Waals surface area contributed by atoms with Gasteiger partial charge in [-0.2, -0.15) is 0 Å². The Kier molecular flexibility index (Phi) is 7.84. The van der Waals surface area contributed by atoms with Gasteiger partial charge in [0.2, 0.25) is 0 Å². The minimum atomic E-state index is -2.84. The molecule has 0 amide bonds. The van der Waals surface area contributed by atoms with E-state index in [1.165, 1.54) is 38.5 Å². The first-order valence-corrected chi connectivity index (χ1v) is 21.2. The van der Waals surface area contributed by atoms with Crippen LogP contribution < -0.4 is 0 Å². The van der Waals surface area contributed by atoms with E-state index in [2.05, 4.69) is 74.5 Å². The summed E-state index contributed by atoms with van der Waals surface area (Å²) in [6.07, 6.45) is 16.5. The summed E-state index contributed by atoms with van der Waals surface area (Å²) in [7, 11) is 0. The van der Waals surface area contributed by atoms with E-state index in [-0.39, 0.29) is 24.8 Å². The summed E-state index contributed by atoms with van der Waals surface area (Å²) >= 11 is -2.84. The Morgan fingerprint density at radius 1 is 0.667 bits per heavy atom. The summed E-state index contributed by atoms with van der Waals surface area (Å²) < 4.78 is 3.92. The second kappa shape index (κ2) is 10.2. The van der Waals surface area contributed by atoms with Gasteiger partial charge >= 0.3 is 194 Å². The number of allylic oxidation sites excluding steroid dienone is 2. The average Bonchev–Trinajstić information content (AvgIpc) is 3.10. The van der Waals surface area contributed by atoms with Gasteiger partial charge in [0.1, 0.15) is 0 Å². The van der Waals surface area contributed by atoms with Gasteiger partial charge in [-0.3, -0.25) is 0 Å². The van der Waals surface area contributed by atoms with Crippen LogP contribution in [0.3, 0.4) is 0 Å². The number of fused-ring (bicyclic) bond motifs is 3. The molecule has 4 aliphatic rings. The van der Waals surface area contributed by atoms with Crippen LogP contribution in [0.25, 0.3) is 12.2 Å². The van der Waals surface area contributed by atoms with Crippen LogP contribution >= 0.6 is 24.8 Å². The van der Waals surface area contributed by atoms with Crippen molar-refractivity contribution in [2.24, 2.45) is 0 Å². The molecule has 1 aliphatic heterocycles. The standard InChI is InChI=1S/2C12H13.C6H10.2ClH.Hf/c2*1-2-5-10-8-11-6-3-4-7-12(11)9-10;1-2-4-6-5-3-1;;;/h2*3-4,6-9H,2,5H2,1H3;1-2H,3-6H2;2*1H;. The molecule has 2 fully saturated rings. The van der Waals surface area contributed by atoms with Gasteiger partial charge in [0.25, 0.3) is 0 Å². The zero-order valence-corrected chi connectivity index (χ0v) is 25.3. The van der Waals surface area contributed by atoms with Gasteiger partial charge in [-0.1, -0.05) is 0 Å². The number of rotatable bonds is 6. The molecule has 1 saturated heterocycles. The molecule has 2 aromatic rings. The van der Waals surface area contributed by atoms with Crippen molar-refractivity contribution in [3.63, 3.8) is 0 Å². The fraction of sp³-hybridized carbons (Fsp3) is 0.467. The van der Waals surface area contributed by atoms with Crippen LogP contribution in [0, 0.1) is 0 Å². The van der Waals surface area contributed by atoms with Crippen LogP contribution in [0.15, 0.2) is 59.7 Å². The zero-order chi connectivity index (χ0) is 21.0. The summed E-state index contributed by atoms with van der Waals surface area (Å²) in [5, 5.41) is 0. The molecule has 4 unspecified atom stereocenters. The molecule has 0 bridgehead atoms. The van der Waals surface area contributed by atoms with E-state index in [0.717, 1.165) is 14.7 Å². The summed E-state index contributed by atoms with van der Waals surface area (Å²) in [5.41, 5.74) is 10.3. The predicted molar refractivity (Wildman–Crippen MR) is 145 cm³/mol. The summed E-state index contributed by atoms with van der Waals surface area (Å²) in [4.78, 5) is 0. The molecule has 2 aromatic carbocycles. The number of halogens is 2. The summed E-state index contributed by atoms with van der Waals surface area (Å²) in [6, 6.07) is 19.0. The first-order valence-electron chi connectivity index (χ1n) is 12.9. The topological polar surface area (TPSA) is 0 Å². The monoisotopic (exact) mass is 648 g/mol. The maximum absolute atomic E-state index is 2.84. The zero-order valence-electron chi connectivity index (χ0n) is 20.1. The molecule has 1 saturated carbocycles. The molecule has 0 nitrogen and oxygen atoms in total. The van der Waals surface area contributed by atoms with Gasteiger partial charge in [0.15, 0.2) is 0 Å². The van der Waals surface area contributed by atoms with Gasteiger partial charge < -0.3 is 0 Å². The van der Waals surface area contributed by atoms with E-state index in [9.17, 15) is 0 Å². The van der Waals surface area contributed by atoms with Crippen LogP contribution in [-0.2, 0) is 20.0 Å². The second-order valence-corrected chi connectivity index (χ2v) is 27.2. The maximum atomic E-state index is 2.64. The molecule has 0 aromatic heterocycles. The molecule has 3 aliphatic carbocycles. The van der Waals surface area contributed by atoms with E-state index in [1.807, 2.05) is 11.1 Å². The Labute approximate surface area is 217 Å². The first kappa shape index (κ1) is 25.5. The van der Waals surface area contributed by atoms with E-state index >= 15 is 0 Å². The molecular formula is C30H38Cl2Hf. The average molecular weight is 648 g/mol. The van der Waals surface area contributed by atoms with Gasteiger partial charge in [0.05, 0.1) is 0 Å². The minimum Gasteiger partial charge on any atom is -0.147 e. The van der Waals surface area contributed by atoms with Crippen molar-refractivity contribution in [1.29, 1.82) is 0 Å². The Balaban J connectivity index is 0.00000130. The van der Waals surface area contributed by atoms with Gasteiger partial charge in [-0.05, 0) is 0 Å².